The van der Waals surface area contributed by atoms with Crippen LogP contribution in [-0.4, -0.2) is 18.9 Å². The van der Waals surface area contributed by atoms with Crippen LogP contribution < -0.4 is 5.32 Å². The van der Waals surface area contributed by atoms with Crippen LogP contribution in [0.25, 0.3) is 21.9 Å². The molecular formula is C17H15ClN2O. The van der Waals surface area contributed by atoms with Crippen LogP contribution >= 0.6 is 12.4 Å². The van der Waals surface area contributed by atoms with E-state index in [-0.39, 0.29) is 12.4 Å². The zero-order valence-electron chi connectivity index (χ0n) is 11.4. The van der Waals surface area contributed by atoms with E-state index in [9.17, 15) is 0 Å². The van der Waals surface area contributed by atoms with Crippen LogP contribution in [0.4, 0.5) is 0 Å². The second-order valence-electron chi connectivity index (χ2n) is 4.89. The lowest BCUT2D eigenvalue weighted by molar-refractivity contribution is 0.560. The van der Waals surface area contributed by atoms with Crippen molar-refractivity contribution in [3.63, 3.8) is 0 Å². The molecule has 0 amide bonds. The molecule has 0 saturated carbocycles. The van der Waals surface area contributed by atoms with Gasteiger partial charge in [-0.15, -0.1) is 12.4 Å². The predicted molar refractivity (Wildman–Crippen MR) is 88.3 cm³/mol. The monoisotopic (exact) mass is 298 g/mol. The molecule has 0 saturated heterocycles. The van der Waals surface area contributed by atoms with Crippen molar-refractivity contribution in [2.24, 2.45) is 4.99 Å². The summed E-state index contributed by atoms with van der Waals surface area (Å²) in [4.78, 5) is 4.42. The van der Waals surface area contributed by atoms with Crippen molar-refractivity contribution in [2.45, 2.75) is 0 Å². The summed E-state index contributed by atoms with van der Waals surface area (Å²) in [5.41, 5.74) is 2.42. The molecule has 0 fully saturated rings. The summed E-state index contributed by atoms with van der Waals surface area (Å²) in [5.74, 6) is 1.71. The first-order chi connectivity index (χ1) is 9.92. The number of fused-ring (bicyclic) bond motifs is 1. The highest BCUT2D eigenvalue weighted by Gasteiger charge is 2.15. The molecule has 0 bridgehead atoms. The Balaban J connectivity index is 0.00000132. The molecule has 4 heteroatoms. The number of nitrogens with one attached hydrogen (secondary N) is 1. The maximum Gasteiger partial charge on any atom is 0.176 e. The third-order valence-corrected chi connectivity index (χ3v) is 3.60. The number of nitrogens with zero attached hydrogens (tertiary/aromatic N) is 1. The maximum absolute atomic E-state index is 5.70. The molecule has 0 aliphatic carbocycles. The molecule has 1 N–H and O–H groups in total. The minimum absolute atomic E-state index is 0. The lowest BCUT2D eigenvalue weighted by atomic mass is 10.0. The van der Waals surface area contributed by atoms with E-state index in [2.05, 4.69) is 52.8 Å². The Bertz CT molecular complexity index is 793. The summed E-state index contributed by atoms with van der Waals surface area (Å²) in [6, 6.07) is 16.8. The molecule has 0 radical (unpaired) electrons. The largest absolute Gasteiger partial charge is 0.460 e. The molecule has 1 aromatic heterocycles. The van der Waals surface area contributed by atoms with Crippen LogP contribution in [0.3, 0.4) is 0 Å². The van der Waals surface area contributed by atoms with Crippen LogP contribution in [0, 0.1) is 0 Å². The summed E-state index contributed by atoms with van der Waals surface area (Å²) >= 11 is 0. The average Bonchev–Trinajstić information content (AvgIpc) is 3.16. The van der Waals surface area contributed by atoms with Crippen molar-refractivity contribution in [1.29, 1.82) is 0 Å². The quantitative estimate of drug-likeness (QED) is 0.780. The fourth-order valence-electron chi connectivity index (χ4n) is 2.60. The van der Waals surface area contributed by atoms with Gasteiger partial charge in [-0.25, -0.2) is 0 Å². The summed E-state index contributed by atoms with van der Waals surface area (Å²) in [6.07, 6.45) is 1.81. The number of rotatable bonds is 2. The third-order valence-electron chi connectivity index (χ3n) is 3.60. The van der Waals surface area contributed by atoms with Crippen LogP contribution in [0.2, 0.25) is 0 Å². The Morgan fingerprint density at radius 2 is 1.86 bits per heavy atom. The van der Waals surface area contributed by atoms with E-state index in [1.165, 1.54) is 11.1 Å². The van der Waals surface area contributed by atoms with Gasteiger partial charge in [-0.3, -0.25) is 4.99 Å². The van der Waals surface area contributed by atoms with Crippen molar-refractivity contribution >= 4 is 29.0 Å². The predicted octanol–water partition coefficient (Wildman–Crippen LogP) is 3.87. The topological polar surface area (TPSA) is 37.5 Å². The van der Waals surface area contributed by atoms with Crippen molar-refractivity contribution < 1.29 is 4.42 Å². The maximum atomic E-state index is 5.70. The Hall–Kier alpha value is -2.26. The normalized spacial score (nSPS) is 13.6. The van der Waals surface area contributed by atoms with Gasteiger partial charge >= 0.3 is 0 Å². The van der Waals surface area contributed by atoms with E-state index in [0.717, 1.165) is 35.5 Å². The molecule has 0 unspecified atom stereocenters. The first kappa shape index (κ1) is 13.7. The number of benzene rings is 2. The van der Waals surface area contributed by atoms with E-state index >= 15 is 0 Å². The lowest BCUT2D eigenvalue weighted by Crippen LogP contribution is -2.18. The molecule has 0 spiro atoms. The Labute approximate surface area is 129 Å². The van der Waals surface area contributed by atoms with Gasteiger partial charge in [0, 0.05) is 17.3 Å². The van der Waals surface area contributed by atoms with Crippen LogP contribution in [0.1, 0.15) is 5.76 Å². The lowest BCUT2D eigenvalue weighted by Gasteiger charge is -2.02. The van der Waals surface area contributed by atoms with E-state index in [1.807, 2.05) is 6.07 Å². The SMILES string of the molecule is Cl.c1ccc(-c2ccc3c(C4=NCCN4)occ3c2)cc1. The second kappa shape index (κ2) is 5.62. The molecule has 2 heterocycles. The molecule has 3 nitrogen and oxygen atoms in total. The summed E-state index contributed by atoms with van der Waals surface area (Å²) in [6.45, 7) is 1.71. The van der Waals surface area contributed by atoms with Gasteiger partial charge in [-0.05, 0) is 23.3 Å². The number of hydrogen-bond donors (Lipinski definition) is 1. The van der Waals surface area contributed by atoms with Crippen molar-refractivity contribution in [3.8, 4) is 11.1 Å². The smallest absolute Gasteiger partial charge is 0.176 e. The average molecular weight is 299 g/mol. The van der Waals surface area contributed by atoms with Gasteiger partial charge in [0.15, 0.2) is 11.6 Å². The number of halogens is 1. The van der Waals surface area contributed by atoms with E-state index in [4.69, 9.17) is 4.42 Å². The first-order valence-corrected chi connectivity index (χ1v) is 6.77. The number of amidine groups is 1. The second-order valence-corrected chi connectivity index (χ2v) is 4.89. The van der Waals surface area contributed by atoms with Crippen molar-refractivity contribution in [2.75, 3.05) is 13.1 Å². The van der Waals surface area contributed by atoms with E-state index in [0.29, 0.717) is 0 Å². The zero-order valence-corrected chi connectivity index (χ0v) is 12.2. The fourth-order valence-corrected chi connectivity index (χ4v) is 2.60. The molecule has 21 heavy (non-hydrogen) atoms. The fraction of sp³-hybridized carbons (Fsp3) is 0.118. The van der Waals surface area contributed by atoms with Crippen LogP contribution in [0.15, 0.2) is 64.2 Å². The molecule has 1 aliphatic heterocycles. The first-order valence-electron chi connectivity index (χ1n) is 6.77. The standard InChI is InChI=1S/C17H14N2O.ClH/c1-2-4-12(5-3-1)13-6-7-15-14(10-13)11-20-16(15)17-18-8-9-19-17;/h1-7,10-11H,8-9H2,(H,18,19);1H. The highest BCUT2D eigenvalue weighted by molar-refractivity contribution is 6.08. The Morgan fingerprint density at radius 1 is 1.00 bits per heavy atom. The van der Waals surface area contributed by atoms with Crippen molar-refractivity contribution in [3.05, 3.63) is 60.6 Å². The Morgan fingerprint density at radius 3 is 2.62 bits per heavy atom. The highest BCUT2D eigenvalue weighted by atomic mass is 35.5. The number of aliphatic imine (C=N–C) groups is 1. The summed E-state index contributed by atoms with van der Waals surface area (Å²) in [5, 5.41) is 5.47. The molecule has 0 atom stereocenters. The van der Waals surface area contributed by atoms with Gasteiger partial charge in [-0.1, -0.05) is 36.4 Å². The van der Waals surface area contributed by atoms with Gasteiger partial charge in [0.05, 0.1) is 12.8 Å². The highest BCUT2D eigenvalue weighted by Crippen LogP contribution is 2.28. The summed E-state index contributed by atoms with van der Waals surface area (Å²) in [7, 11) is 0. The van der Waals surface area contributed by atoms with Gasteiger partial charge < -0.3 is 9.73 Å². The van der Waals surface area contributed by atoms with Gasteiger partial charge in [0.1, 0.15) is 0 Å². The molecule has 1 aliphatic rings. The molecule has 3 aromatic rings. The van der Waals surface area contributed by atoms with E-state index < -0.39 is 0 Å². The summed E-state index contributed by atoms with van der Waals surface area (Å²) < 4.78 is 5.70. The molecule has 2 aromatic carbocycles. The number of hydrogen-bond acceptors (Lipinski definition) is 3. The van der Waals surface area contributed by atoms with Crippen molar-refractivity contribution in [1.82, 2.24) is 5.32 Å². The van der Waals surface area contributed by atoms with Gasteiger partial charge in [-0.2, -0.15) is 0 Å². The molecule has 106 valence electrons. The van der Waals surface area contributed by atoms with Gasteiger partial charge in [0.25, 0.3) is 0 Å². The zero-order chi connectivity index (χ0) is 13.4. The van der Waals surface area contributed by atoms with Crippen LogP contribution in [0.5, 0.6) is 0 Å². The van der Waals surface area contributed by atoms with Crippen LogP contribution in [-0.2, 0) is 0 Å². The van der Waals surface area contributed by atoms with E-state index in [1.54, 1.807) is 6.26 Å². The number of furan rings is 1. The third kappa shape index (κ3) is 2.41. The molecule has 4 rings (SSSR count). The minimum atomic E-state index is 0. The van der Waals surface area contributed by atoms with Gasteiger partial charge in [0.2, 0.25) is 0 Å². The Kier molecular flexibility index (Phi) is 3.67. The molecular weight excluding hydrogens is 284 g/mol. The minimum Gasteiger partial charge on any atom is -0.460 e.